The van der Waals surface area contributed by atoms with Crippen LogP contribution < -0.4 is 5.32 Å². The third-order valence-electron chi connectivity index (χ3n) is 3.03. The summed E-state index contributed by atoms with van der Waals surface area (Å²) in [6, 6.07) is 8.70. The summed E-state index contributed by atoms with van der Waals surface area (Å²) in [6.07, 6.45) is 0. The zero-order valence-corrected chi connectivity index (χ0v) is 11.2. The molecule has 92 valence electrons. The van der Waals surface area contributed by atoms with E-state index in [4.69, 9.17) is 0 Å². The molecular formula is C14H15N3S. The van der Waals surface area contributed by atoms with Gasteiger partial charge in [-0.3, -0.25) is 0 Å². The summed E-state index contributed by atoms with van der Waals surface area (Å²) >= 11 is 1.73. The summed E-state index contributed by atoms with van der Waals surface area (Å²) in [7, 11) is 0. The number of aromatic amines is 1. The Morgan fingerprint density at radius 1 is 1.33 bits per heavy atom. The van der Waals surface area contributed by atoms with Gasteiger partial charge in [0, 0.05) is 11.7 Å². The second-order valence-corrected chi connectivity index (χ2v) is 5.26. The van der Waals surface area contributed by atoms with Crippen molar-refractivity contribution in [2.75, 3.05) is 5.32 Å². The minimum atomic E-state index is 0.317. The van der Waals surface area contributed by atoms with Crippen molar-refractivity contribution < 1.29 is 0 Å². The Labute approximate surface area is 110 Å². The average molecular weight is 257 g/mol. The molecule has 0 fully saturated rings. The number of aromatic nitrogens is 2. The molecule has 0 spiro atoms. The first-order chi connectivity index (χ1) is 8.72. The monoisotopic (exact) mass is 257 g/mol. The number of H-pyrrole nitrogens is 1. The number of benzene rings is 1. The van der Waals surface area contributed by atoms with E-state index < -0.39 is 0 Å². The van der Waals surface area contributed by atoms with Gasteiger partial charge in [-0.05, 0) is 54.4 Å². The zero-order valence-electron chi connectivity index (χ0n) is 10.4. The molecule has 0 radical (unpaired) electrons. The van der Waals surface area contributed by atoms with Crippen LogP contribution in [0, 0.1) is 6.92 Å². The van der Waals surface area contributed by atoms with Gasteiger partial charge < -0.3 is 10.3 Å². The van der Waals surface area contributed by atoms with Crippen molar-refractivity contribution in [3.8, 4) is 0 Å². The number of nitrogens with one attached hydrogen (secondary N) is 2. The van der Waals surface area contributed by atoms with E-state index >= 15 is 0 Å². The van der Waals surface area contributed by atoms with E-state index in [1.54, 1.807) is 11.3 Å². The number of fused-ring (bicyclic) bond motifs is 1. The van der Waals surface area contributed by atoms with Gasteiger partial charge in [0.1, 0.15) is 5.82 Å². The Hall–Kier alpha value is -1.81. The predicted octanol–water partition coefficient (Wildman–Crippen LogP) is 4.11. The van der Waals surface area contributed by atoms with Crippen LogP contribution in [0.4, 0.5) is 5.69 Å². The molecule has 2 N–H and O–H groups in total. The van der Waals surface area contributed by atoms with Gasteiger partial charge in [0.25, 0.3) is 0 Å². The molecule has 0 aliphatic rings. The lowest BCUT2D eigenvalue weighted by molar-refractivity contribution is 0.891. The molecule has 1 aromatic carbocycles. The third-order valence-corrected chi connectivity index (χ3v) is 3.73. The Bertz CT molecular complexity index is 655. The fourth-order valence-electron chi connectivity index (χ4n) is 2.08. The fraction of sp³-hybridized carbons (Fsp3) is 0.214. The van der Waals surface area contributed by atoms with Crippen LogP contribution in [-0.4, -0.2) is 9.97 Å². The molecule has 0 saturated heterocycles. The van der Waals surface area contributed by atoms with Crippen LogP contribution in [-0.2, 0) is 0 Å². The molecule has 0 saturated carbocycles. The Morgan fingerprint density at radius 3 is 3.00 bits per heavy atom. The van der Waals surface area contributed by atoms with Crippen LogP contribution in [0.5, 0.6) is 0 Å². The van der Waals surface area contributed by atoms with Gasteiger partial charge in [0.15, 0.2) is 0 Å². The number of thiophene rings is 1. The van der Waals surface area contributed by atoms with Gasteiger partial charge in [-0.1, -0.05) is 0 Å². The number of imidazole rings is 1. The van der Waals surface area contributed by atoms with E-state index in [0.29, 0.717) is 6.04 Å². The molecule has 3 nitrogen and oxygen atoms in total. The van der Waals surface area contributed by atoms with Gasteiger partial charge in [-0.15, -0.1) is 0 Å². The van der Waals surface area contributed by atoms with Crippen molar-refractivity contribution in [1.82, 2.24) is 9.97 Å². The van der Waals surface area contributed by atoms with E-state index in [9.17, 15) is 0 Å². The highest BCUT2D eigenvalue weighted by atomic mass is 32.1. The van der Waals surface area contributed by atoms with E-state index in [0.717, 1.165) is 22.5 Å². The van der Waals surface area contributed by atoms with Crippen LogP contribution in [0.2, 0.25) is 0 Å². The maximum atomic E-state index is 4.40. The SMILES string of the molecule is Cc1nc2ccc(NC(C)c3ccsc3)cc2[nH]1. The van der Waals surface area contributed by atoms with Crippen molar-refractivity contribution in [2.24, 2.45) is 0 Å². The van der Waals surface area contributed by atoms with Crippen LogP contribution in [0.25, 0.3) is 11.0 Å². The number of hydrogen-bond acceptors (Lipinski definition) is 3. The summed E-state index contributed by atoms with van der Waals surface area (Å²) in [5.74, 6) is 0.952. The highest BCUT2D eigenvalue weighted by Crippen LogP contribution is 2.23. The van der Waals surface area contributed by atoms with Crippen molar-refractivity contribution in [3.63, 3.8) is 0 Å². The molecule has 3 rings (SSSR count). The van der Waals surface area contributed by atoms with E-state index in [2.05, 4.69) is 51.2 Å². The standard InChI is InChI=1S/C14H15N3S/c1-9(11-5-6-18-8-11)15-12-3-4-13-14(7-12)17-10(2)16-13/h3-9,15H,1-2H3,(H,16,17). The molecule has 0 amide bonds. The summed E-state index contributed by atoms with van der Waals surface area (Å²) in [5.41, 5.74) is 4.53. The maximum Gasteiger partial charge on any atom is 0.104 e. The molecule has 18 heavy (non-hydrogen) atoms. The number of nitrogens with zero attached hydrogens (tertiary/aromatic N) is 1. The lowest BCUT2D eigenvalue weighted by atomic mass is 10.1. The van der Waals surface area contributed by atoms with Crippen LogP contribution in [0.1, 0.15) is 24.4 Å². The first-order valence-corrected chi connectivity index (χ1v) is 6.91. The van der Waals surface area contributed by atoms with Crippen LogP contribution in [0.3, 0.4) is 0 Å². The largest absolute Gasteiger partial charge is 0.378 e. The van der Waals surface area contributed by atoms with Crippen molar-refractivity contribution >= 4 is 28.1 Å². The summed E-state index contributed by atoms with van der Waals surface area (Å²) < 4.78 is 0. The lowest BCUT2D eigenvalue weighted by Crippen LogP contribution is -2.05. The lowest BCUT2D eigenvalue weighted by Gasteiger charge is -2.13. The number of aryl methyl sites for hydroxylation is 1. The van der Waals surface area contributed by atoms with Crippen molar-refractivity contribution in [3.05, 3.63) is 46.4 Å². The number of anilines is 1. The van der Waals surface area contributed by atoms with Crippen LogP contribution in [0.15, 0.2) is 35.0 Å². The molecule has 4 heteroatoms. The second kappa shape index (κ2) is 4.46. The topological polar surface area (TPSA) is 40.7 Å². The molecule has 2 aromatic heterocycles. The molecule has 2 heterocycles. The first-order valence-electron chi connectivity index (χ1n) is 5.97. The smallest absolute Gasteiger partial charge is 0.104 e. The Balaban J connectivity index is 1.86. The highest BCUT2D eigenvalue weighted by molar-refractivity contribution is 7.07. The van der Waals surface area contributed by atoms with Gasteiger partial charge in [-0.25, -0.2) is 4.98 Å². The molecule has 1 atom stereocenters. The summed E-state index contributed by atoms with van der Waals surface area (Å²) in [4.78, 5) is 7.66. The predicted molar refractivity (Wildman–Crippen MR) is 77.2 cm³/mol. The maximum absolute atomic E-state index is 4.40. The van der Waals surface area contributed by atoms with E-state index in [-0.39, 0.29) is 0 Å². The number of rotatable bonds is 3. The average Bonchev–Trinajstić information content (AvgIpc) is 2.95. The van der Waals surface area contributed by atoms with E-state index in [1.807, 2.05) is 13.0 Å². The van der Waals surface area contributed by atoms with Crippen molar-refractivity contribution in [2.45, 2.75) is 19.9 Å². The Morgan fingerprint density at radius 2 is 2.22 bits per heavy atom. The molecule has 0 bridgehead atoms. The molecular weight excluding hydrogens is 242 g/mol. The molecule has 0 aliphatic carbocycles. The third kappa shape index (κ3) is 2.11. The van der Waals surface area contributed by atoms with Gasteiger partial charge in [-0.2, -0.15) is 11.3 Å². The number of hydrogen-bond donors (Lipinski definition) is 2. The van der Waals surface area contributed by atoms with E-state index in [1.165, 1.54) is 5.56 Å². The summed E-state index contributed by atoms with van der Waals surface area (Å²) in [6.45, 7) is 4.14. The minimum Gasteiger partial charge on any atom is -0.378 e. The minimum absolute atomic E-state index is 0.317. The molecule has 1 unspecified atom stereocenters. The quantitative estimate of drug-likeness (QED) is 0.741. The van der Waals surface area contributed by atoms with Gasteiger partial charge >= 0.3 is 0 Å². The first kappa shape index (κ1) is 11.3. The highest BCUT2D eigenvalue weighted by Gasteiger charge is 2.06. The molecule has 0 aliphatic heterocycles. The zero-order chi connectivity index (χ0) is 12.5. The second-order valence-electron chi connectivity index (χ2n) is 4.48. The fourth-order valence-corrected chi connectivity index (χ4v) is 2.84. The Kier molecular flexibility index (Phi) is 2.80. The van der Waals surface area contributed by atoms with Gasteiger partial charge in [0.05, 0.1) is 11.0 Å². The molecule has 3 aromatic rings. The van der Waals surface area contributed by atoms with Gasteiger partial charge in [0.2, 0.25) is 0 Å². The normalized spacial score (nSPS) is 12.8. The van der Waals surface area contributed by atoms with Crippen molar-refractivity contribution in [1.29, 1.82) is 0 Å². The summed E-state index contributed by atoms with van der Waals surface area (Å²) in [5, 5.41) is 7.79. The van der Waals surface area contributed by atoms with Crippen LogP contribution >= 0.6 is 11.3 Å².